The average molecular weight is 308 g/mol. The van der Waals surface area contributed by atoms with Crippen LogP contribution < -0.4 is 5.32 Å². The molecule has 1 fully saturated rings. The summed E-state index contributed by atoms with van der Waals surface area (Å²) in [6.45, 7) is 2.65. The van der Waals surface area contributed by atoms with Gasteiger partial charge in [-0.3, -0.25) is 0 Å². The molecular formula is C18H20N4O. The lowest BCUT2D eigenvalue weighted by Crippen LogP contribution is -2.28. The second kappa shape index (κ2) is 6.01. The number of benzene rings is 1. The molecule has 2 N–H and O–H groups in total. The first-order chi connectivity index (χ1) is 11.3. The number of imidazole rings is 1. The molecule has 1 aromatic carbocycles. The van der Waals surface area contributed by atoms with Crippen LogP contribution in [-0.2, 0) is 6.54 Å². The Morgan fingerprint density at radius 2 is 1.96 bits per heavy atom. The van der Waals surface area contributed by atoms with Crippen molar-refractivity contribution in [1.29, 1.82) is 0 Å². The molecule has 0 aliphatic carbocycles. The van der Waals surface area contributed by atoms with Crippen LogP contribution in [0.4, 0.5) is 0 Å². The Bertz CT molecular complexity index is 821. The van der Waals surface area contributed by atoms with E-state index in [9.17, 15) is 5.11 Å². The first-order valence-electron chi connectivity index (χ1n) is 8.11. The first kappa shape index (κ1) is 14.2. The van der Waals surface area contributed by atoms with E-state index in [1.165, 1.54) is 0 Å². The van der Waals surface area contributed by atoms with E-state index in [-0.39, 0.29) is 0 Å². The zero-order valence-corrected chi connectivity index (χ0v) is 12.9. The zero-order chi connectivity index (χ0) is 15.6. The number of nitrogens with one attached hydrogen (secondary N) is 1. The molecule has 0 spiro atoms. The predicted molar refractivity (Wildman–Crippen MR) is 89.6 cm³/mol. The second-order valence-electron chi connectivity index (χ2n) is 6.06. The number of hydrogen-bond donors (Lipinski definition) is 2. The van der Waals surface area contributed by atoms with Crippen molar-refractivity contribution in [2.75, 3.05) is 13.1 Å². The van der Waals surface area contributed by atoms with E-state index >= 15 is 0 Å². The summed E-state index contributed by atoms with van der Waals surface area (Å²) in [5.41, 5.74) is 2.72. The van der Waals surface area contributed by atoms with Crippen molar-refractivity contribution in [3.63, 3.8) is 0 Å². The minimum Gasteiger partial charge on any atom is -0.508 e. The van der Waals surface area contributed by atoms with Gasteiger partial charge >= 0.3 is 0 Å². The topological polar surface area (TPSA) is 63.0 Å². The fourth-order valence-electron chi connectivity index (χ4n) is 3.34. The van der Waals surface area contributed by atoms with Crippen LogP contribution >= 0.6 is 0 Å². The highest BCUT2D eigenvalue weighted by atomic mass is 16.3. The SMILES string of the molecule is Oc1ccccc1Cn1c(C2CCNCC2)nc2cccnc21. The lowest BCUT2D eigenvalue weighted by molar-refractivity contribution is 0.432. The molecule has 3 aromatic rings. The number of rotatable bonds is 3. The van der Waals surface area contributed by atoms with Gasteiger partial charge in [-0.05, 0) is 44.1 Å². The van der Waals surface area contributed by atoms with Gasteiger partial charge in [-0.1, -0.05) is 18.2 Å². The first-order valence-corrected chi connectivity index (χ1v) is 8.11. The molecule has 0 atom stereocenters. The highest BCUT2D eigenvalue weighted by Crippen LogP contribution is 2.29. The summed E-state index contributed by atoms with van der Waals surface area (Å²) >= 11 is 0. The van der Waals surface area contributed by atoms with Gasteiger partial charge in [-0.15, -0.1) is 0 Å². The van der Waals surface area contributed by atoms with Crippen LogP contribution in [0, 0.1) is 0 Å². The molecule has 0 amide bonds. The molecule has 5 nitrogen and oxygen atoms in total. The monoisotopic (exact) mass is 308 g/mol. The number of nitrogens with zero attached hydrogens (tertiary/aromatic N) is 3. The number of piperidine rings is 1. The van der Waals surface area contributed by atoms with E-state index < -0.39 is 0 Å². The standard InChI is InChI=1S/C18H20N4O/c23-16-6-2-1-4-14(16)12-22-17(13-7-10-19-11-8-13)21-15-5-3-9-20-18(15)22/h1-6,9,13,19,23H,7-8,10-12H2. The predicted octanol–water partition coefficient (Wildman–Crippen LogP) is 2.65. The Balaban J connectivity index is 1.81. The number of aromatic nitrogens is 3. The molecule has 5 heteroatoms. The van der Waals surface area contributed by atoms with E-state index in [1.807, 2.05) is 30.3 Å². The molecule has 1 saturated heterocycles. The molecule has 3 heterocycles. The Kier molecular flexibility index (Phi) is 3.71. The third-order valence-electron chi connectivity index (χ3n) is 4.56. The van der Waals surface area contributed by atoms with Gasteiger partial charge in [0, 0.05) is 17.7 Å². The van der Waals surface area contributed by atoms with Crippen LogP contribution in [0.25, 0.3) is 11.2 Å². The highest BCUT2D eigenvalue weighted by molar-refractivity contribution is 5.71. The van der Waals surface area contributed by atoms with E-state index in [0.717, 1.165) is 48.5 Å². The van der Waals surface area contributed by atoms with Crippen molar-refractivity contribution in [1.82, 2.24) is 19.9 Å². The molecule has 0 saturated carbocycles. The molecule has 118 valence electrons. The summed E-state index contributed by atoms with van der Waals surface area (Å²) in [4.78, 5) is 9.38. The van der Waals surface area contributed by atoms with E-state index in [1.54, 1.807) is 12.3 Å². The van der Waals surface area contributed by atoms with Crippen molar-refractivity contribution in [3.05, 3.63) is 54.0 Å². The summed E-state index contributed by atoms with van der Waals surface area (Å²) < 4.78 is 2.17. The molecule has 0 bridgehead atoms. The van der Waals surface area contributed by atoms with Crippen LogP contribution in [0.15, 0.2) is 42.6 Å². The van der Waals surface area contributed by atoms with Crippen LogP contribution in [0.5, 0.6) is 5.75 Å². The second-order valence-corrected chi connectivity index (χ2v) is 6.06. The quantitative estimate of drug-likeness (QED) is 0.781. The van der Waals surface area contributed by atoms with E-state index in [4.69, 9.17) is 4.98 Å². The minimum atomic E-state index is 0.321. The van der Waals surface area contributed by atoms with Crippen molar-refractivity contribution in [2.24, 2.45) is 0 Å². The molecule has 0 unspecified atom stereocenters. The molecule has 1 aliphatic rings. The van der Waals surface area contributed by atoms with Gasteiger partial charge in [0.2, 0.25) is 0 Å². The number of aromatic hydroxyl groups is 1. The van der Waals surface area contributed by atoms with Crippen LogP contribution in [0.1, 0.15) is 30.1 Å². The molecular weight excluding hydrogens is 288 g/mol. The lowest BCUT2D eigenvalue weighted by Gasteiger charge is -2.23. The van der Waals surface area contributed by atoms with Crippen molar-refractivity contribution >= 4 is 11.2 Å². The fourth-order valence-corrected chi connectivity index (χ4v) is 3.34. The van der Waals surface area contributed by atoms with Crippen LogP contribution in [0.3, 0.4) is 0 Å². The van der Waals surface area contributed by atoms with Crippen molar-refractivity contribution in [2.45, 2.75) is 25.3 Å². The Hall–Kier alpha value is -2.40. The third-order valence-corrected chi connectivity index (χ3v) is 4.56. The fraction of sp³-hybridized carbons (Fsp3) is 0.333. The number of para-hydroxylation sites is 1. The summed E-state index contributed by atoms with van der Waals surface area (Å²) in [7, 11) is 0. The summed E-state index contributed by atoms with van der Waals surface area (Å²) in [5.74, 6) is 1.85. The number of phenols is 1. The van der Waals surface area contributed by atoms with Crippen molar-refractivity contribution in [3.8, 4) is 5.75 Å². The maximum absolute atomic E-state index is 10.1. The normalized spacial score (nSPS) is 16.0. The maximum atomic E-state index is 10.1. The smallest absolute Gasteiger partial charge is 0.160 e. The van der Waals surface area contributed by atoms with E-state index in [2.05, 4.69) is 14.9 Å². The highest BCUT2D eigenvalue weighted by Gasteiger charge is 2.23. The number of fused-ring (bicyclic) bond motifs is 1. The zero-order valence-electron chi connectivity index (χ0n) is 12.9. The molecule has 0 radical (unpaired) electrons. The van der Waals surface area contributed by atoms with Crippen molar-refractivity contribution < 1.29 is 5.11 Å². The Labute approximate surface area is 135 Å². The van der Waals surface area contributed by atoms with Crippen LogP contribution in [0.2, 0.25) is 0 Å². The Morgan fingerprint density at radius 3 is 2.78 bits per heavy atom. The molecule has 23 heavy (non-hydrogen) atoms. The maximum Gasteiger partial charge on any atom is 0.160 e. The summed E-state index contributed by atoms with van der Waals surface area (Å²) in [5, 5.41) is 13.5. The average Bonchev–Trinajstić information content (AvgIpc) is 2.96. The molecule has 4 rings (SSSR count). The van der Waals surface area contributed by atoms with Gasteiger partial charge in [-0.2, -0.15) is 0 Å². The van der Waals surface area contributed by atoms with Gasteiger partial charge in [0.05, 0.1) is 6.54 Å². The number of hydrogen-bond acceptors (Lipinski definition) is 4. The number of pyridine rings is 1. The van der Waals surface area contributed by atoms with Gasteiger partial charge in [-0.25, -0.2) is 9.97 Å². The van der Waals surface area contributed by atoms with Crippen LogP contribution in [-0.4, -0.2) is 32.7 Å². The molecule has 2 aromatic heterocycles. The van der Waals surface area contributed by atoms with E-state index in [0.29, 0.717) is 18.2 Å². The third kappa shape index (κ3) is 2.68. The summed E-state index contributed by atoms with van der Waals surface area (Å²) in [6, 6.07) is 11.4. The number of phenolic OH excluding ortho intramolecular Hbond substituents is 1. The van der Waals surface area contributed by atoms with Gasteiger partial charge < -0.3 is 15.0 Å². The Morgan fingerprint density at radius 1 is 1.13 bits per heavy atom. The summed E-state index contributed by atoms with van der Waals surface area (Å²) in [6.07, 6.45) is 3.98. The minimum absolute atomic E-state index is 0.321. The molecule has 1 aliphatic heterocycles. The van der Waals surface area contributed by atoms with Gasteiger partial charge in [0.1, 0.15) is 17.1 Å². The lowest BCUT2D eigenvalue weighted by atomic mass is 9.97. The van der Waals surface area contributed by atoms with Gasteiger partial charge in [0.25, 0.3) is 0 Å². The largest absolute Gasteiger partial charge is 0.508 e. The van der Waals surface area contributed by atoms with Gasteiger partial charge in [0.15, 0.2) is 5.65 Å².